The Balaban J connectivity index is 1.51. The number of nitrogens with zero attached hydrogens (tertiary/aromatic N) is 2. The summed E-state index contributed by atoms with van der Waals surface area (Å²) >= 11 is 0. The zero-order valence-corrected chi connectivity index (χ0v) is 14.4. The summed E-state index contributed by atoms with van der Waals surface area (Å²) in [7, 11) is 1.54. The smallest absolute Gasteiger partial charge is 0.274 e. The van der Waals surface area contributed by atoms with Crippen LogP contribution in [-0.2, 0) is 0 Å². The topological polar surface area (TPSA) is 94.6 Å². The second kappa shape index (κ2) is 7.20. The van der Waals surface area contributed by atoms with Crippen molar-refractivity contribution in [3.05, 3.63) is 60.4 Å². The summed E-state index contributed by atoms with van der Waals surface area (Å²) in [4.78, 5) is 20.9. The summed E-state index contributed by atoms with van der Waals surface area (Å²) in [5.41, 5.74) is 1.51. The predicted molar refractivity (Wildman–Crippen MR) is 98.8 cm³/mol. The minimum Gasteiger partial charge on any atom is -0.495 e. The van der Waals surface area contributed by atoms with Gasteiger partial charge in [-0.15, -0.1) is 0 Å². The molecule has 4 rings (SSSR count). The number of nitrogens with one attached hydrogen (secondary N) is 2. The maximum absolute atomic E-state index is 12.5. The molecule has 0 atom stereocenters. The van der Waals surface area contributed by atoms with Crippen LogP contribution in [0.15, 0.2) is 54.7 Å². The van der Waals surface area contributed by atoms with Gasteiger partial charge < -0.3 is 24.8 Å². The summed E-state index contributed by atoms with van der Waals surface area (Å²) in [6.45, 7) is 0.202. The summed E-state index contributed by atoms with van der Waals surface area (Å²) < 4.78 is 15.9. The quantitative estimate of drug-likeness (QED) is 0.718. The fraction of sp³-hybridized carbons (Fsp3) is 0.105. The molecular formula is C19H16N4O4. The lowest BCUT2D eigenvalue weighted by Crippen LogP contribution is -2.15. The molecule has 2 aromatic carbocycles. The van der Waals surface area contributed by atoms with Gasteiger partial charge in [-0.3, -0.25) is 4.79 Å². The van der Waals surface area contributed by atoms with Crippen molar-refractivity contribution in [3.8, 4) is 17.2 Å². The standard InChI is InChI=1S/C19H16N4O4/c1-25-15-5-3-2-4-13(15)22-18(24)14-8-9-20-19(23-14)21-12-6-7-16-17(10-12)27-11-26-16/h2-10H,11H2,1H3,(H,22,24)(H,20,21,23). The lowest BCUT2D eigenvalue weighted by molar-refractivity contribution is 0.102. The van der Waals surface area contributed by atoms with Crippen LogP contribution in [0.5, 0.6) is 17.2 Å². The number of benzene rings is 2. The molecule has 3 aromatic rings. The molecule has 8 nitrogen and oxygen atoms in total. The Bertz CT molecular complexity index is 993. The number of hydrogen-bond donors (Lipinski definition) is 2. The molecule has 0 fully saturated rings. The van der Waals surface area contributed by atoms with Gasteiger partial charge >= 0.3 is 0 Å². The molecule has 136 valence electrons. The van der Waals surface area contributed by atoms with Gasteiger partial charge in [0.2, 0.25) is 12.7 Å². The Morgan fingerprint density at radius 1 is 1.11 bits per heavy atom. The van der Waals surface area contributed by atoms with Gasteiger partial charge in [-0.1, -0.05) is 12.1 Å². The van der Waals surface area contributed by atoms with Crippen molar-refractivity contribution in [2.45, 2.75) is 0 Å². The minimum absolute atomic E-state index is 0.202. The van der Waals surface area contributed by atoms with Gasteiger partial charge in [0, 0.05) is 18.0 Å². The van der Waals surface area contributed by atoms with E-state index in [1.165, 1.54) is 12.3 Å². The molecule has 1 aliphatic heterocycles. The second-order valence-corrected chi connectivity index (χ2v) is 5.61. The van der Waals surface area contributed by atoms with Crippen LogP contribution in [0.25, 0.3) is 0 Å². The maximum atomic E-state index is 12.5. The number of carbonyl (C=O) groups is 1. The van der Waals surface area contributed by atoms with Crippen LogP contribution in [0.3, 0.4) is 0 Å². The van der Waals surface area contributed by atoms with Crippen molar-refractivity contribution in [3.63, 3.8) is 0 Å². The second-order valence-electron chi connectivity index (χ2n) is 5.61. The molecule has 1 amide bonds. The first-order valence-corrected chi connectivity index (χ1v) is 8.17. The molecule has 27 heavy (non-hydrogen) atoms. The van der Waals surface area contributed by atoms with Gasteiger partial charge in [0.25, 0.3) is 5.91 Å². The Kier molecular flexibility index (Phi) is 4.44. The average molecular weight is 364 g/mol. The van der Waals surface area contributed by atoms with Crippen LogP contribution in [-0.4, -0.2) is 29.8 Å². The number of fused-ring (bicyclic) bond motifs is 1. The Morgan fingerprint density at radius 2 is 1.96 bits per heavy atom. The van der Waals surface area contributed by atoms with Crippen molar-refractivity contribution in [2.24, 2.45) is 0 Å². The van der Waals surface area contributed by atoms with Gasteiger partial charge in [0.05, 0.1) is 12.8 Å². The normalized spacial score (nSPS) is 11.7. The fourth-order valence-corrected chi connectivity index (χ4v) is 2.58. The molecule has 1 aliphatic rings. The van der Waals surface area contributed by atoms with Crippen molar-refractivity contribution in [1.82, 2.24) is 9.97 Å². The lowest BCUT2D eigenvalue weighted by Gasteiger charge is -2.10. The molecule has 2 heterocycles. The first-order chi connectivity index (χ1) is 13.2. The molecule has 0 saturated carbocycles. The van der Waals surface area contributed by atoms with Crippen molar-refractivity contribution >= 4 is 23.2 Å². The van der Waals surface area contributed by atoms with E-state index < -0.39 is 0 Å². The van der Waals surface area contributed by atoms with Gasteiger partial charge in [-0.05, 0) is 30.3 Å². The van der Waals surface area contributed by atoms with Crippen LogP contribution in [0.2, 0.25) is 0 Å². The number of aromatic nitrogens is 2. The molecule has 2 N–H and O–H groups in total. The van der Waals surface area contributed by atoms with E-state index in [0.29, 0.717) is 28.9 Å². The summed E-state index contributed by atoms with van der Waals surface area (Å²) in [6, 6.07) is 14.1. The third-order valence-electron chi connectivity index (χ3n) is 3.87. The summed E-state index contributed by atoms with van der Waals surface area (Å²) in [5.74, 6) is 1.83. The Hall–Kier alpha value is -3.81. The van der Waals surface area contributed by atoms with E-state index >= 15 is 0 Å². The molecule has 1 aromatic heterocycles. The van der Waals surface area contributed by atoms with Crippen molar-refractivity contribution < 1.29 is 19.0 Å². The monoisotopic (exact) mass is 364 g/mol. The number of carbonyl (C=O) groups excluding carboxylic acids is 1. The van der Waals surface area contributed by atoms with Gasteiger partial charge in [0.15, 0.2) is 11.5 Å². The molecule has 0 unspecified atom stereocenters. The molecule has 0 spiro atoms. The number of hydrogen-bond acceptors (Lipinski definition) is 7. The van der Waals surface area contributed by atoms with Crippen LogP contribution >= 0.6 is 0 Å². The van der Waals surface area contributed by atoms with Gasteiger partial charge in [0.1, 0.15) is 11.4 Å². The third-order valence-corrected chi connectivity index (χ3v) is 3.87. The highest BCUT2D eigenvalue weighted by Crippen LogP contribution is 2.34. The highest BCUT2D eigenvalue weighted by atomic mass is 16.7. The van der Waals surface area contributed by atoms with E-state index in [2.05, 4.69) is 20.6 Å². The van der Waals surface area contributed by atoms with Crippen molar-refractivity contribution in [2.75, 3.05) is 24.5 Å². The number of para-hydroxylation sites is 2. The minimum atomic E-state index is -0.365. The van der Waals surface area contributed by atoms with Gasteiger partial charge in [-0.2, -0.15) is 0 Å². The maximum Gasteiger partial charge on any atom is 0.274 e. The van der Waals surface area contributed by atoms with Crippen LogP contribution in [0.4, 0.5) is 17.3 Å². The van der Waals surface area contributed by atoms with E-state index in [9.17, 15) is 4.79 Å². The molecule has 0 bridgehead atoms. The molecule has 8 heteroatoms. The zero-order chi connectivity index (χ0) is 18.6. The first kappa shape index (κ1) is 16.6. The lowest BCUT2D eigenvalue weighted by atomic mass is 10.2. The van der Waals surface area contributed by atoms with Crippen LogP contribution in [0.1, 0.15) is 10.5 Å². The highest BCUT2D eigenvalue weighted by Gasteiger charge is 2.15. The fourth-order valence-electron chi connectivity index (χ4n) is 2.58. The Labute approximate surface area is 155 Å². The summed E-state index contributed by atoms with van der Waals surface area (Å²) in [5, 5.41) is 5.84. The average Bonchev–Trinajstić information content (AvgIpc) is 3.16. The first-order valence-electron chi connectivity index (χ1n) is 8.17. The van der Waals surface area contributed by atoms with E-state index in [4.69, 9.17) is 14.2 Å². The van der Waals surface area contributed by atoms with E-state index in [1.807, 2.05) is 18.2 Å². The van der Waals surface area contributed by atoms with Crippen LogP contribution in [0, 0.1) is 0 Å². The summed E-state index contributed by atoms with van der Waals surface area (Å²) in [6.07, 6.45) is 1.51. The Morgan fingerprint density at radius 3 is 2.85 bits per heavy atom. The predicted octanol–water partition coefficient (Wildman–Crippen LogP) is 3.21. The van der Waals surface area contributed by atoms with E-state index in [0.717, 1.165) is 5.69 Å². The molecular weight excluding hydrogens is 348 g/mol. The number of rotatable bonds is 5. The number of anilines is 3. The van der Waals surface area contributed by atoms with E-state index in [-0.39, 0.29) is 18.4 Å². The van der Waals surface area contributed by atoms with Crippen LogP contribution < -0.4 is 24.8 Å². The SMILES string of the molecule is COc1ccccc1NC(=O)c1ccnc(Nc2ccc3c(c2)OCO3)n1. The highest BCUT2D eigenvalue weighted by molar-refractivity contribution is 6.03. The van der Waals surface area contributed by atoms with E-state index in [1.54, 1.807) is 31.4 Å². The third kappa shape index (κ3) is 3.59. The van der Waals surface area contributed by atoms with Crippen molar-refractivity contribution in [1.29, 1.82) is 0 Å². The molecule has 0 saturated heterocycles. The largest absolute Gasteiger partial charge is 0.495 e. The molecule has 0 aliphatic carbocycles. The number of methoxy groups -OCH3 is 1. The molecule has 0 radical (unpaired) electrons. The number of ether oxygens (including phenoxy) is 3. The zero-order valence-electron chi connectivity index (χ0n) is 14.4. The number of amides is 1. The van der Waals surface area contributed by atoms with Gasteiger partial charge in [-0.25, -0.2) is 9.97 Å².